The van der Waals surface area contributed by atoms with Gasteiger partial charge in [0.25, 0.3) is 11.8 Å². The number of amides is 2. The van der Waals surface area contributed by atoms with E-state index in [4.69, 9.17) is 10.5 Å². The number of carbonyl (C=O) groups is 2. The van der Waals surface area contributed by atoms with Gasteiger partial charge in [0.1, 0.15) is 5.75 Å². The molecule has 0 spiro atoms. The number of anilines is 1. The minimum Gasteiger partial charge on any atom is -0.481 e. The summed E-state index contributed by atoms with van der Waals surface area (Å²) in [6.07, 6.45) is -0.156. The Morgan fingerprint density at radius 3 is 2.57 bits per heavy atom. The standard InChI is InChI=1S/C18H20N2O3/c1-3-16(23-13-8-6-7-12(2)11-13)18(22)20-15-10-5-4-9-14(15)17(19)21/h4-11,16H,3H2,1-2H3,(H2,19,21)(H,20,22). The minimum atomic E-state index is -0.655. The van der Waals surface area contributed by atoms with Gasteiger partial charge in [-0.3, -0.25) is 9.59 Å². The minimum absolute atomic E-state index is 0.270. The zero-order chi connectivity index (χ0) is 16.8. The van der Waals surface area contributed by atoms with Crippen LogP contribution in [0.4, 0.5) is 5.69 Å². The monoisotopic (exact) mass is 312 g/mol. The van der Waals surface area contributed by atoms with Crippen molar-refractivity contribution in [2.24, 2.45) is 5.73 Å². The third kappa shape index (κ3) is 4.32. The van der Waals surface area contributed by atoms with Crippen molar-refractivity contribution in [3.8, 4) is 5.75 Å². The maximum atomic E-state index is 12.4. The van der Waals surface area contributed by atoms with Crippen LogP contribution in [0.15, 0.2) is 48.5 Å². The van der Waals surface area contributed by atoms with Crippen molar-refractivity contribution in [2.75, 3.05) is 5.32 Å². The number of hydrogen-bond acceptors (Lipinski definition) is 3. The normalized spacial score (nSPS) is 11.6. The highest BCUT2D eigenvalue weighted by Gasteiger charge is 2.20. The molecule has 0 saturated carbocycles. The Labute approximate surface area is 135 Å². The molecule has 0 bridgehead atoms. The maximum Gasteiger partial charge on any atom is 0.265 e. The second-order valence-electron chi connectivity index (χ2n) is 5.23. The zero-order valence-electron chi connectivity index (χ0n) is 13.2. The van der Waals surface area contributed by atoms with Gasteiger partial charge in [-0.15, -0.1) is 0 Å². The lowest BCUT2D eigenvalue weighted by Crippen LogP contribution is -2.33. The lowest BCUT2D eigenvalue weighted by atomic mass is 10.1. The lowest BCUT2D eigenvalue weighted by Gasteiger charge is -2.18. The molecule has 2 amide bonds. The number of carbonyl (C=O) groups excluding carboxylic acids is 2. The fourth-order valence-corrected chi connectivity index (χ4v) is 2.20. The Kier molecular flexibility index (Phi) is 5.36. The van der Waals surface area contributed by atoms with Gasteiger partial charge in [0.2, 0.25) is 0 Å². The van der Waals surface area contributed by atoms with Crippen molar-refractivity contribution in [1.29, 1.82) is 0 Å². The molecule has 1 atom stereocenters. The van der Waals surface area contributed by atoms with Crippen LogP contribution < -0.4 is 15.8 Å². The fourth-order valence-electron chi connectivity index (χ4n) is 2.20. The Morgan fingerprint density at radius 2 is 1.91 bits per heavy atom. The average molecular weight is 312 g/mol. The third-order valence-electron chi connectivity index (χ3n) is 3.38. The van der Waals surface area contributed by atoms with Crippen LogP contribution in [0.1, 0.15) is 29.3 Å². The SMILES string of the molecule is CCC(Oc1cccc(C)c1)C(=O)Nc1ccccc1C(N)=O. The number of nitrogens with one attached hydrogen (secondary N) is 1. The number of ether oxygens (including phenoxy) is 1. The summed E-state index contributed by atoms with van der Waals surface area (Å²) in [4.78, 5) is 23.8. The molecule has 0 fully saturated rings. The molecule has 5 nitrogen and oxygen atoms in total. The highest BCUT2D eigenvalue weighted by atomic mass is 16.5. The zero-order valence-corrected chi connectivity index (χ0v) is 13.2. The van der Waals surface area contributed by atoms with Crippen LogP contribution in [0, 0.1) is 6.92 Å². The number of benzene rings is 2. The van der Waals surface area contributed by atoms with E-state index in [9.17, 15) is 9.59 Å². The summed E-state index contributed by atoms with van der Waals surface area (Å²) < 4.78 is 5.75. The summed E-state index contributed by atoms with van der Waals surface area (Å²) in [6.45, 7) is 3.82. The van der Waals surface area contributed by atoms with Crippen molar-refractivity contribution in [3.63, 3.8) is 0 Å². The first-order valence-electron chi connectivity index (χ1n) is 7.44. The highest BCUT2D eigenvalue weighted by Crippen LogP contribution is 2.18. The Bertz CT molecular complexity index is 713. The number of hydrogen-bond donors (Lipinski definition) is 2. The molecule has 2 rings (SSSR count). The van der Waals surface area contributed by atoms with Crippen molar-refractivity contribution < 1.29 is 14.3 Å². The van der Waals surface area contributed by atoms with Gasteiger partial charge in [0, 0.05) is 0 Å². The van der Waals surface area contributed by atoms with Crippen molar-refractivity contribution in [1.82, 2.24) is 0 Å². The Hall–Kier alpha value is -2.82. The van der Waals surface area contributed by atoms with E-state index in [0.29, 0.717) is 17.9 Å². The van der Waals surface area contributed by atoms with Crippen molar-refractivity contribution >= 4 is 17.5 Å². The van der Waals surface area contributed by atoms with Crippen LogP contribution in [-0.4, -0.2) is 17.9 Å². The van der Waals surface area contributed by atoms with E-state index in [2.05, 4.69) is 5.32 Å². The number of para-hydroxylation sites is 1. The number of nitrogens with two attached hydrogens (primary N) is 1. The summed E-state index contributed by atoms with van der Waals surface area (Å²) in [5, 5.41) is 2.71. The maximum absolute atomic E-state index is 12.4. The quantitative estimate of drug-likeness (QED) is 0.860. The molecule has 23 heavy (non-hydrogen) atoms. The van der Waals surface area contributed by atoms with E-state index < -0.39 is 12.0 Å². The third-order valence-corrected chi connectivity index (χ3v) is 3.38. The van der Waals surface area contributed by atoms with E-state index in [0.717, 1.165) is 5.56 Å². The molecule has 0 aliphatic heterocycles. The number of primary amides is 1. The van der Waals surface area contributed by atoms with Gasteiger partial charge in [-0.25, -0.2) is 0 Å². The van der Waals surface area contributed by atoms with E-state index in [1.165, 1.54) is 0 Å². The van der Waals surface area contributed by atoms with Gasteiger partial charge >= 0.3 is 0 Å². The first-order valence-corrected chi connectivity index (χ1v) is 7.44. The highest BCUT2D eigenvalue weighted by molar-refractivity contribution is 6.04. The first kappa shape index (κ1) is 16.5. The summed E-state index contributed by atoms with van der Waals surface area (Å²) in [6, 6.07) is 14.1. The molecule has 5 heteroatoms. The molecule has 0 aromatic heterocycles. The molecule has 0 aliphatic rings. The van der Waals surface area contributed by atoms with E-state index in [-0.39, 0.29) is 11.5 Å². The molecular weight excluding hydrogens is 292 g/mol. The molecule has 3 N–H and O–H groups in total. The van der Waals surface area contributed by atoms with Crippen LogP contribution in [0.25, 0.3) is 0 Å². The molecular formula is C18H20N2O3. The summed E-state index contributed by atoms with van der Waals surface area (Å²) >= 11 is 0. The van der Waals surface area contributed by atoms with E-state index in [1.54, 1.807) is 30.3 Å². The number of rotatable bonds is 6. The van der Waals surface area contributed by atoms with Gasteiger partial charge in [0.15, 0.2) is 6.10 Å². The molecule has 0 aliphatic carbocycles. The summed E-state index contributed by atoms with van der Waals surface area (Å²) in [5.41, 5.74) is 7.03. The molecule has 2 aromatic rings. The predicted molar refractivity (Wildman–Crippen MR) is 89.5 cm³/mol. The molecule has 2 aromatic carbocycles. The average Bonchev–Trinajstić information content (AvgIpc) is 2.53. The molecule has 1 unspecified atom stereocenters. The van der Waals surface area contributed by atoms with Crippen LogP contribution in [0.2, 0.25) is 0 Å². The molecule has 0 heterocycles. The predicted octanol–water partition coefficient (Wildman–Crippen LogP) is 2.89. The largest absolute Gasteiger partial charge is 0.481 e. The topological polar surface area (TPSA) is 81.4 Å². The van der Waals surface area contributed by atoms with Gasteiger partial charge < -0.3 is 15.8 Å². The van der Waals surface area contributed by atoms with Crippen LogP contribution in [-0.2, 0) is 4.79 Å². The molecule has 0 saturated heterocycles. The first-order chi connectivity index (χ1) is 11.0. The fraction of sp³-hybridized carbons (Fsp3) is 0.222. The second kappa shape index (κ2) is 7.45. The Balaban J connectivity index is 2.13. The van der Waals surface area contributed by atoms with Gasteiger partial charge in [-0.1, -0.05) is 31.2 Å². The smallest absolute Gasteiger partial charge is 0.265 e. The Morgan fingerprint density at radius 1 is 1.17 bits per heavy atom. The second-order valence-corrected chi connectivity index (χ2v) is 5.23. The van der Waals surface area contributed by atoms with Gasteiger partial charge in [-0.2, -0.15) is 0 Å². The summed E-state index contributed by atoms with van der Waals surface area (Å²) in [7, 11) is 0. The van der Waals surface area contributed by atoms with Crippen molar-refractivity contribution in [3.05, 3.63) is 59.7 Å². The molecule has 120 valence electrons. The summed E-state index contributed by atoms with van der Waals surface area (Å²) in [5.74, 6) is -0.272. The lowest BCUT2D eigenvalue weighted by molar-refractivity contribution is -0.122. The van der Waals surface area contributed by atoms with Crippen molar-refractivity contribution in [2.45, 2.75) is 26.4 Å². The van der Waals surface area contributed by atoms with E-state index in [1.807, 2.05) is 32.0 Å². The van der Waals surface area contributed by atoms with E-state index >= 15 is 0 Å². The van der Waals surface area contributed by atoms with Crippen LogP contribution in [0.5, 0.6) is 5.75 Å². The van der Waals surface area contributed by atoms with Gasteiger partial charge in [-0.05, 0) is 43.2 Å². The molecule has 0 radical (unpaired) electrons. The van der Waals surface area contributed by atoms with Crippen LogP contribution in [0.3, 0.4) is 0 Å². The van der Waals surface area contributed by atoms with Gasteiger partial charge in [0.05, 0.1) is 11.3 Å². The number of aryl methyl sites for hydroxylation is 1. The van der Waals surface area contributed by atoms with Crippen LogP contribution >= 0.6 is 0 Å².